The van der Waals surface area contributed by atoms with E-state index in [-0.39, 0.29) is 17.9 Å². The third kappa shape index (κ3) is 4.63. The van der Waals surface area contributed by atoms with E-state index < -0.39 is 13.0 Å². The lowest BCUT2D eigenvalue weighted by molar-refractivity contribution is -0.384. The summed E-state index contributed by atoms with van der Waals surface area (Å²) in [5.74, 6) is 0.0580. The van der Waals surface area contributed by atoms with E-state index in [0.29, 0.717) is 16.6 Å². The predicted octanol–water partition coefficient (Wildman–Crippen LogP) is 5.48. The molecule has 0 aromatic heterocycles. The second-order valence-corrected chi connectivity index (χ2v) is 13.2. The molecular weight excluding hydrogens is 318 g/mol. The third-order valence-electron chi connectivity index (χ3n) is 5.08. The molecule has 0 N–H and O–H groups in total. The zero-order chi connectivity index (χ0) is 18.5. The summed E-state index contributed by atoms with van der Waals surface area (Å²) in [4.78, 5) is 22.6. The Morgan fingerprint density at radius 1 is 1.04 bits per heavy atom. The van der Waals surface area contributed by atoms with Crippen LogP contribution in [-0.2, 0) is 11.2 Å². The topological polar surface area (TPSA) is 60.2 Å². The first-order valence-electron chi connectivity index (χ1n) is 8.56. The Morgan fingerprint density at radius 3 is 1.88 bits per heavy atom. The maximum absolute atomic E-state index is 12.3. The number of benzene rings is 1. The molecule has 0 fully saturated rings. The van der Waals surface area contributed by atoms with Crippen molar-refractivity contribution >= 4 is 19.5 Å². The number of nitrogens with zero attached hydrogens (tertiary/aromatic N) is 1. The Labute approximate surface area is 146 Å². The van der Waals surface area contributed by atoms with Crippen LogP contribution >= 0.6 is 0 Å². The van der Waals surface area contributed by atoms with Crippen LogP contribution in [0.1, 0.15) is 47.1 Å². The number of rotatable bonds is 8. The van der Waals surface area contributed by atoms with Crippen LogP contribution < -0.4 is 0 Å². The zero-order valence-corrected chi connectivity index (χ0v) is 16.6. The number of ketones is 1. The SMILES string of the molecule is CC(C)[Si](/C=C/C(=O)Cc1ccc([N+](=O)[O-])cc1)(C(C)C)C(C)C. The molecule has 24 heavy (non-hydrogen) atoms. The first-order valence-corrected chi connectivity index (χ1v) is 10.9. The summed E-state index contributed by atoms with van der Waals surface area (Å²) in [6, 6.07) is 6.20. The van der Waals surface area contributed by atoms with Crippen molar-refractivity contribution in [1.29, 1.82) is 0 Å². The molecule has 0 unspecified atom stereocenters. The number of carbonyl (C=O) groups excluding carboxylic acids is 1. The highest BCUT2D eigenvalue weighted by molar-refractivity contribution is 6.88. The molecule has 0 aliphatic heterocycles. The largest absolute Gasteiger partial charge is 0.295 e. The van der Waals surface area contributed by atoms with Crippen LogP contribution in [0.15, 0.2) is 36.0 Å². The van der Waals surface area contributed by atoms with Gasteiger partial charge in [-0.25, -0.2) is 0 Å². The molecule has 0 saturated heterocycles. The van der Waals surface area contributed by atoms with E-state index in [9.17, 15) is 14.9 Å². The molecule has 1 aromatic rings. The van der Waals surface area contributed by atoms with Crippen LogP contribution in [-0.4, -0.2) is 18.8 Å². The molecule has 0 aliphatic carbocycles. The highest BCUT2D eigenvalue weighted by Gasteiger charge is 2.40. The molecule has 0 aliphatic rings. The molecular formula is C19H29NO3Si. The highest BCUT2D eigenvalue weighted by Crippen LogP contribution is 2.42. The Bertz CT molecular complexity index is 582. The van der Waals surface area contributed by atoms with E-state index in [4.69, 9.17) is 0 Å². The summed E-state index contributed by atoms with van der Waals surface area (Å²) < 4.78 is 0. The lowest BCUT2D eigenvalue weighted by Crippen LogP contribution is -2.42. The van der Waals surface area contributed by atoms with Gasteiger partial charge in [0.25, 0.3) is 5.69 Å². The fraction of sp³-hybridized carbons (Fsp3) is 0.526. The molecule has 132 valence electrons. The lowest BCUT2D eigenvalue weighted by atomic mass is 10.1. The van der Waals surface area contributed by atoms with Crippen molar-refractivity contribution in [3.05, 3.63) is 51.7 Å². The maximum Gasteiger partial charge on any atom is 0.269 e. The van der Waals surface area contributed by atoms with Gasteiger partial charge in [0.15, 0.2) is 5.78 Å². The van der Waals surface area contributed by atoms with Crippen molar-refractivity contribution < 1.29 is 9.72 Å². The van der Waals surface area contributed by atoms with Crippen LogP contribution in [0.4, 0.5) is 5.69 Å². The fourth-order valence-corrected chi connectivity index (χ4v) is 9.44. The Hall–Kier alpha value is -1.75. The first-order chi connectivity index (χ1) is 11.1. The molecule has 0 spiro atoms. The van der Waals surface area contributed by atoms with Crippen molar-refractivity contribution in [1.82, 2.24) is 0 Å². The van der Waals surface area contributed by atoms with Gasteiger partial charge in [-0.3, -0.25) is 14.9 Å². The second-order valence-electron chi connectivity index (χ2n) is 7.36. The predicted molar refractivity (Wildman–Crippen MR) is 102 cm³/mol. The molecule has 0 saturated carbocycles. The summed E-state index contributed by atoms with van der Waals surface area (Å²) in [7, 11) is -1.72. The summed E-state index contributed by atoms with van der Waals surface area (Å²) >= 11 is 0. The van der Waals surface area contributed by atoms with E-state index in [0.717, 1.165) is 5.56 Å². The minimum absolute atomic E-state index is 0.0487. The average Bonchev–Trinajstić information content (AvgIpc) is 2.47. The van der Waals surface area contributed by atoms with Gasteiger partial charge in [-0.05, 0) is 28.3 Å². The Morgan fingerprint density at radius 2 is 1.50 bits per heavy atom. The number of non-ortho nitro benzene ring substituents is 1. The van der Waals surface area contributed by atoms with Crippen molar-refractivity contribution in [3.8, 4) is 0 Å². The Kier molecular flexibility index (Phi) is 7.08. The monoisotopic (exact) mass is 347 g/mol. The molecule has 0 heterocycles. The van der Waals surface area contributed by atoms with Gasteiger partial charge in [-0.2, -0.15) is 0 Å². The smallest absolute Gasteiger partial charge is 0.269 e. The minimum Gasteiger partial charge on any atom is -0.295 e. The second kappa shape index (κ2) is 8.38. The van der Waals surface area contributed by atoms with Gasteiger partial charge in [0, 0.05) is 18.6 Å². The molecule has 0 amide bonds. The van der Waals surface area contributed by atoms with E-state index in [1.165, 1.54) is 12.1 Å². The van der Waals surface area contributed by atoms with Gasteiger partial charge >= 0.3 is 0 Å². The molecule has 0 radical (unpaired) electrons. The van der Waals surface area contributed by atoms with E-state index in [2.05, 4.69) is 47.2 Å². The van der Waals surface area contributed by atoms with Crippen LogP contribution in [0.2, 0.25) is 16.6 Å². The number of nitro benzene ring substituents is 1. The number of hydrogen-bond donors (Lipinski definition) is 0. The Balaban J connectivity index is 2.91. The summed E-state index contributed by atoms with van der Waals surface area (Å²) in [6.45, 7) is 13.6. The molecule has 0 bridgehead atoms. The van der Waals surface area contributed by atoms with E-state index in [1.54, 1.807) is 18.2 Å². The minimum atomic E-state index is -1.72. The fourth-order valence-electron chi connectivity index (χ4n) is 3.81. The van der Waals surface area contributed by atoms with Crippen LogP contribution in [0.5, 0.6) is 0 Å². The van der Waals surface area contributed by atoms with Gasteiger partial charge in [0.1, 0.15) is 0 Å². The third-order valence-corrected chi connectivity index (χ3v) is 11.8. The number of carbonyl (C=O) groups is 1. The summed E-state index contributed by atoms with van der Waals surface area (Å²) in [5, 5.41) is 10.7. The molecule has 5 heteroatoms. The van der Waals surface area contributed by atoms with E-state index >= 15 is 0 Å². The molecule has 0 atom stereocenters. The van der Waals surface area contributed by atoms with Gasteiger partial charge in [0.05, 0.1) is 13.0 Å². The van der Waals surface area contributed by atoms with Crippen molar-refractivity contribution in [3.63, 3.8) is 0 Å². The summed E-state index contributed by atoms with van der Waals surface area (Å²) in [5.41, 5.74) is 4.79. The van der Waals surface area contributed by atoms with Crippen LogP contribution in [0, 0.1) is 10.1 Å². The van der Waals surface area contributed by atoms with Gasteiger partial charge in [0.2, 0.25) is 0 Å². The first kappa shape index (κ1) is 20.3. The maximum atomic E-state index is 12.3. The average molecular weight is 348 g/mol. The van der Waals surface area contributed by atoms with Crippen molar-refractivity contribution in [2.24, 2.45) is 0 Å². The quantitative estimate of drug-likeness (QED) is 0.271. The van der Waals surface area contributed by atoms with Gasteiger partial charge in [-0.1, -0.05) is 59.4 Å². The normalized spacial score (nSPS) is 12.5. The summed E-state index contributed by atoms with van der Waals surface area (Å²) in [6.07, 6.45) is 2.04. The van der Waals surface area contributed by atoms with E-state index in [1.807, 2.05) is 0 Å². The van der Waals surface area contributed by atoms with Crippen molar-refractivity contribution in [2.45, 2.75) is 64.6 Å². The van der Waals surface area contributed by atoms with Crippen LogP contribution in [0.25, 0.3) is 0 Å². The standard InChI is InChI=1S/C19H29NO3Si/c1-14(2)24(15(3)4,16(5)6)12-11-19(21)13-17-7-9-18(10-8-17)20(22)23/h7-12,14-16H,13H2,1-6H3/b12-11+. The number of hydrogen-bond acceptors (Lipinski definition) is 3. The van der Waals surface area contributed by atoms with Gasteiger partial charge in [-0.15, -0.1) is 0 Å². The van der Waals surface area contributed by atoms with Crippen LogP contribution in [0.3, 0.4) is 0 Å². The molecule has 1 rings (SSSR count). The highest BCUT2D eigenvalue weighted by atomic mass is 28.3. The number of nitro groups is 1. The number of allylic oxidation sites excluding steroid dienone is 1. The molecule has 4 nitrogen and oxygen atoms in total. The van der Waals surface area contributed by atoms with Gasteiger partial charge < -0.3 is 0 Å². The molecule has 1 aromatic carbocycles. The lowest BCUT2D eigenvalue weighted by Gasteiger charge is -2.40. The van der Waals surface area contributed by atoms with Crippen molar-refractivity contribution in [2.75, 3.05) is 0 Å². The zero-order valence-electron chi connectivity index (χ0n) is 15.6.